The quantitative estimate of drug-likeness (QED) is 0.856. The van der Waals surface area contributed by atoms with Gasteiger partial charge in [0.1, 0.15) is 5.75 Å². The van der Waals surface area contributed by atoms with Gasteiger partial charge in [0.05, 0.1) is 18.7 Å². The van der Waals surface area contributed by atoms with Gasteiger partial charge in [0.25, 0.3) is 5.91 Å². The smallest absolute Gasteiger partial charge is 0.253 e. The first-order chi connectivity index (χ1) is 12.1. The first-order valence-electron chi connectivity index (χ1n) is 8.24. The van der Waals surface area contributed by atoms with E-state index in [2.05, 4.69) is 4.98 Å². The van der Waals surface area contributed by atoms with Crippen LogP contribution in [0, 0.1) is 0 Å². The van der Waals surface area contributed by atoms with Gasteiger partial charge in [-0.3, -0.25) is 14.6 Å². The van der Waals surface area contributed by atoms with Crippen molar-refractivity contribution in [2.75, 3.05) is 32.1 Å². The second-order valence-corrected chi connectivity index (χ2v) is 6.07. The maximum absolute atomic E-state index is 12.7. The van der Waals surface area contributed by atoms with Crippen LogP contribution < -0.4 is 9.64 Å². The summed E-state index contributed by atoms with van der Waals surface area (Å²) in [5, 5.41) is 0. The molecule has 1 aromatic heterocycles. The average molecular weight is 339 g/mol. The lowest BCUT2D eigenvalue weighted by Gasteiger charge is -2.20. The fraction of sp³-hybridized carbons (Fsp3) is 0.316. The molecule has 3 rings (SSSR count). The molecule has 0 spiro atoms. The number of amides is 2. The summed E-state index contributed by atoms with van der Waals surface area (Å²) in [6.45, 7) is 0.959. The minimum Gasteiger partial charge on any atom is -0.491 e. The maximum Gasteiger partial charge on any atom is 0.253 e. The van der Waals surface area contributed by atoms with E-state index in [0.717, 1.165) is 12.0 Å². The van der Waals surface area contributed by atoms with E-state index in [1.807, 2.05) is 12.1 Å². The number of pyridine rings is 1. The molecule has 0 unspecified atom stereocenters. The predicted molar refractivity (Wildman–Crippen MR) is 94.9 cm³/mol. The Labute approximate surface area is 147 Å². The molecule has 0 bridgehead atoms. The number of likely N-dealkylation sites (N-methyl/N-ethyl adjacent to an activating group) is 1. The van der Waals surface area contributed by atoms with Gasteiger partial charge < -0.3 is 14.5 Å². The lowest BCUT2D eigenvalue weighted by Crippen LogP contribution is -2.29. The number of carbonyl (C=O) groups excluding carboxylic acids is 2. The summed E-state index contributed by atoms with van der Waals surface area (Å²) in [4.78, 5) is 31.9. The van der Waals surface area contributed by atoms with Gasteiger partial charge >= 0.3 is 0 Å². The third-order valence-corrected chi connectivity index (χ3v) is 4.35. The van der Waals surface area contributed by atoms with Crippen molar-refractivity contribution in [1.82, 2.24) is 9.88 Å². The molecule has 0 fully saturated rings. The zero-order valence-electron chi connectivity index (χ0n) is 14.4. The molecule has 1 aliphatic rings. The molecular weight excluding hydrogens is 318 g/mol. The summed E-state index contributed by atoms with van der Waals surface area (Å²) in [5.74, 6) is 0.528. The first-order valence-corrected chi connectivity index (χ1v) is 8.24. The number of fused-ring (bicyclic) bond motifs is 1. The Morgan fingerprint density at radius 1 is 1.28 bits per heavy atom. The van der Waals surface area contributed by atoms with Crippen LogP contribution in [0.25, 0.3) is 0 Å². The molecular formula is C19H21N3O3. The Morgan fingerprint density at radius 2 is 2.04 bits per heavy atom. The summed E-state index contributed by atoms with van der Waals surface area (Å²) >= 11 is 0. The zero-order chi connectivity index (χ0) is 17.8. The average Bonchev–Trinajstić information content (AvgIpc) is 2.78. The van der Waals surface area contributed by atoms with Gasteiger partial charge in [0.15, 0.2) is 0 Å². The van der Waals surface area contributed by atoms with Crippen molar-refractivity contribution in [2.45, 2.75) is 12.8 Å². The third kappa shape index (κ3) is 3.79. The molecule has 6 heteroatoms. The lowest BCUT2D eigenvalue weighted by molar-refractivity contribution is -0.118. The van der Waals surface area contributed by atoms with Gasteiger partial charge in [-0.15, -0.1) is 0 Å². The van der Waals surface area contributed by atoms with Crippen LogP contribution in [0.1, 0.15) is 22.3 Å². The molecule has 1 aromatic carbocycles. The molecule has 0 N–H and O–H groups in total. The summed E-state index contributed by atoms with van der Waals surface area (Å²) < 4.78 is 5.60. The summed E-state index contributed by atoms with van der Waals surface area (Å²) in [6, 6.07) is 9.11. The second-order valence-electron chi connectivity index (χ2n) is 6.07. The molecule has 6 nitrogen and oxygen atoms in total. The summed E-state index contributed by atoms with van der Waals surface area (Å²) in [6.07, 6.45) is 4.59. The lowest BCUT2D eigenvalue weighted by atomic mass is 10.1. The van der Waals surface area contributed by atoms with Crippen LogP contribution in [0.15, 0.2) is 42.7 Å². The van der Waals surface area contributed by atoms with Crippen LogP contribution in [0.5, 0.6) is 5.75 Å². The molecule has 0 atom stereocenters. The highest BCUT2D eigenvalue weighted by Gasteiger charge is 2.22. The van der Waals surface area contributed by atoms with Crippen molar-refractivity contribution >= 4 is 17.5 Å². The number of carbonyl (C=O) groups is 2. The molecule has 2 amide bonds. The monoisotopic (exact) mass is 339 g/mol. The molecule has 2 heterocycles. The number of benzene rings is 1. The van der Waals surface area contributed by atoms with Crippen molar-refractivity contribution in [1.29, 1.82) is 0 Å². The van der Waals surface area contributed by atoms with Crippen LogP contribution in [-0.2, 0) is 11.2 Å². The fourth-order valence-electron chi connectivity index (χ4n) is 2.75. The van der Waals surface area contributed by atoms with E-state index in [4.69, 9.17) is 4.74 Å². The third-order valence-electron chi connectivity index (χ3n) is 4.35. The molecule has 0 saturated heterocycles. The number of anilines is 1. The van der Waals surface area contributed by atoms with Crippen molar-refractivity contribution in [3.63, 3.8) is 0 Å². The van der Waals surface area contributed by atoms with Crippen LogP contribution in [-0.4, -0.2) is 48.9 Å². The number of nitrogens with zero attached hydrogens (tertiary/aromatic N) is 3. The minimum atomic E-state index is -0.0815. The van der Waals surface area contributed by atoms with E-state index in [9.17, 15) is 9.59 Å². The van der Waals surface area contributed by atoms with Crippen LogP contribution in [0.3, 0.4) is 0 Å². The Balaban J connectivity index is 1.73. The first kappa shape index (κ1) is 17.0. The van der Waals surface area contributed by atoms with Gasteiger partial charge in [-0.2, -0.15) is 0 Å². The van der Waals surface area contributed by atoms with Gasteiger partial charge in [0, 0.05) is 38.6 Å². The molecule has 130 valence electrons. The summed E-state index contributed by atoms with van der Waals surface area (Å²) in [5.41, 5.74) is 2.31. The second kappa shape index (κ2) is 7.34. The predicted octanol–water partition coefficient (Wildman–Crippen LogP) is 2.14. The molecule has 1 aliphatic heterocycles. The molecule has 0 saturated carbocycles. The molecule has 2 aromatic rings. The zero-order valence-corrected chi connectivity index (χ0v) is 14.4. The Morgan fingerprint density at radius 3 is 2.80 bits per heavy atom. The van der Waals surface area contributed by atoms with Gasteiger partial charge in [0.2, 0.25) is 5.91 Å². The highest BCUT2D eigenvalue weighted by Crippen LogP contribution is 2.31. The highest BCUT2D eigenvalue weighted by molar-refractivity contribution is 5.99. The Hall–Kier alpha value is -2.89. The van der Waals surface area contributed by atoms with Crippen LogP contribution >= 0.6 is 0 Å². The van der Waals surface area contributed by atoms with E-state index in [0.29, 0.717) is 36.6 Å². The molecule has 0 radical (unpaired) electrons. The number of aromatic nitrogens is 1. The highest BCUT2D eigenvalue weighted by atomic mass is 16.5. The van der Waals surface area contributed by atoms with Crippen molar-refractivity contribution in [3.05, 3.63) is 53.9 Å². The number of hydrogen-bond acceptors (Lipinski definition) is 4. The van der Waals surface area contributed by atoms with Gasteiger partial charge in [-0.05, 0) is 42.3 Å². The fourth-order valence-corrected chi connectivity index (χ4v) is 2.75. The summed E-state index contributed by atoms with van der Waals surface area (Å²) in [7, 11) is 3.48. The number of hydrogen-bond donors (Lipinski definition) is 0. The van der Waals surface area contributed by atoms with Crippen LogP contribution in [0.4, 0.5) is 5.69 Å². The molecule has 25 heavy (non-hydrogen) atoms. The van der Waals surface area contributed by atoms with E-state index < -0.39 is 0 Å². The van der Waals surface area contributed by atoms with Crippen molar-refractivity contribution in [2.24, 2.45) is 0 Å². The number of ether oxygens (including phenoxy) is 1. The van der Waals surface area contributed by atoms with Gasteiger partial charge in [-0.25, -0.2) is 0 Å². The Kier molecular flexibility index (Phi) is 4.97. The number of rotatable bonds is 4. The van der Waals surface area contributed by atoms with E-state index in [1.165, 1.54) is 0 Å². The van der Waals surface area contributed by atoms with Crippen molar-refractivity contribution < 1.29 is 14.3 Å². The van der Waals surface area contributed by atoms with Crippen molar-refractivity contribution in [3.8, 4) is 5.75 Å². The SMILES string of the molecule is CN(CCc1ccncc1)C(=O)c1ccc2c(c1)N(C)C(=O)CCO2. The normalized spacial score (nSPS) is 13.7. The van der Waals surface area contributed by atoms with E-state index in [1.54, 1.807) is 54.5 Å². The minimum absolute atomic E-state index is 0.0191. The topological polar surface area (TPSA) is 62.7 Å². The maximum atomic E-state index is 12.7. The molecule has 0 aliphatic carbocycles. The van der Waals surface area contributed by atoms with E-state index >= 15 is 0 Å². The Bertz CT molecular complexity index is 777. The van der Waals surface area contributed by atoms with Gasteiger partial charge in [-0.1, -0.05) is 0 Å². The largest absolute Gasteiger partial charge is 0.491 e. The van der Waals surface area contributed by atoms with E-state index in [-0.39, 0.29) is 11.8 Å². The van der Waals surface area contributed by atoms with Crippen LogP contribution in [0.2, 0.25) is 0 Å². The standard InChI is InChI=1S/C19H21N3O3/c1-21(11-7-14-5-9-20-10-6-14)19(24)15-3-4-17-16(13-15)22(2)18(23)8-12-25-17/h3-6,9-10,13H,7-8,11-12H2,1-2H3.